The fraction of sp³-hybridized carbons (Fsp3) is 0.800. The zero-order chi connectivity index (χ0) is 93.6. The average molecular weight is 1820 g/mol. The van der Waals surface area contributed by atoms with Crippen molar-refractivity contribution in [2.75, 3.05) is 138 Å². The molecule has 7 amide bonds. The van der Waals surface area contributed by atoms with Crippen LogP contribution in [0.3, 0.4) is 0 Å². The van der Waals surface area contributed by atoms with Gasteiger partial charge in [-0.3, -0.25) is 76.8 Å². The number of nitriles is 1. The number of nitrogens with one attached hydrogen (secondary N) is 7. The van der Waals surface area contributed by atoms with E-state index in [0.717, 1.165) is 48.5 Å². The van der Waals surface area contributed by atoms with Gasteiger partial charge in [-0.25, -0.2) is 4.67 Å². The van der Waals surface area contributed by atoms with Crippen molar-refractivity contribution in [3.05, 3.63) is 0 Å². The van der Waals surface area contributed by atoms with Crippen LogP contribution >= 0.6 is 8.53 Å². The first-order chi connectivity index (χ1) is 59.8. The molecule has 0 bridgehead atoms. The summed E-state index contributed by atoms with van der Waals surface area (Å²) < 4.78 is 118. The maximum absolute atomic E-state index is 14.9. The molecule has 0 spiro atoms. The van der Waals surface area contributed by atoms with Crippen molar-refractivity contribution in [2.24, 2.45) is 5.92 Å². The van der Waals surface area contributed by atoms with Crippen LogP contribution < -0.4 is 37.2 Å². The van der Waals surface area contributed by atoms with Crippen molar-refractivity contribution in [1.82, 2.24) is 46.8 Å². The molecule has 3 saturated heterocycles. The van der Waals surface area contributed by atoms with E-state index in [1.54, 1.807) is 6.92 Å². The Labute approximate surface area is 735 Å². The quantitative estimate of drug-likeness (QED) is 0.0135. The van der Waals surface area contributed by atoms with Crippen molar-refractivity contribution < 1.29 is 166 Å². The highest BCUT2D eigenvalue weighted by molar-refractivity contribution is 7.44. The molecule has 16 unspecified atom stereocenters. The zero-order valence-electron chi connectivity index (χ0n) is 75.0. The first-order valence-electron chi connectivity index (χ1n) is 42.1. The largest absolute Gasteiger partial charge is 0.463 e. The summed E-state index contributed by atoms with van der Waals surface area (Å²) in [6, 6.07) is -1.27. The number of carbonyl (C=O) groups is 15. The number of unbranched alkanes of at least 4 members (excludes halogenated alkanes) is 1. The molecule has 4 rings (SSSR count). The maximum atomic E-state index is 14.9. The Morgan fingerprint density at radius 1 is 0.484 bits per heavy atom. The van der Waals surface area contributed by atoms with Gasteiger partial charge in [0.05, 0.1) is 110 Å². The lowest BCUT2D eigenvalue weighted by Crippen LogP contribution is -2.72. The summed E-state index contributed by atoms with van der Waals surface area (Å²) in [4.78, 5) is 194. The van der Waals surface area contributed by atoms with Gasteiger partial charge >= 0.3 is 47.8 Å². The number of hydrogen-bond acceptors (Lipinski definition) is 38. The van der Waals surface area contributed by atoms with Gasteiger partial charge in [0.1, 0.15) is 56.3 Å². The van der Waals surface area contributed by atoms with E-state index in [1.165, 1.54) is 32.6 Å². The highest BCUT2D eigenvalue weighted by Crippen LogP contribution is 2.49. The summed E-state index contributed by atoms with van der Waals surface area (Å²) in [5, 5.41) is 28.5. The van der Waals surface area contributed by atoms with Crippen molar-refractivity contribution in [3.63, 3.8) is 0 Å². The maximum Gasteiger partial charge on any atom is 0.303 e. The Bertz CT molecular complexity index is 3510. The molecule has 126 heavy (non-hydrogen) atoms. The Morgan fingerprint density at radius 2 is 0.944 bits per heavy atom. The average Bonchev–Trinajstić information content (AvgIpc) is 0.765. The van der Waals surface area contributed by atoms with Crippen molar-refractivity contribution >= 4 is 97.6 Å². The Kier molecular flexibility index (Phi) is 51.2. The molecule has 46 heteroatoms. The Hall–Kier alpha value is -8.59. The van der Waals surface area contributed by atoms with E-state index in [4.69, 9.17) is 94.3 Å². The molecule has 0 radical (unpaired) electrons. The molecule has 4 aliphatic rings. The van der Waals surface area contributed by atoms with Crippen molar-refractivity contribution in [2.45, 2.75) is 272 Å². The molecule has 16 atom stereocenters. The second-order valence-electron chi connectivity index (χ2n) is 30.4. The standard InChI is InChI=1S/C80H131N10O35P/c1-17-109-73-68(86-49(6)91)78(123-64(44-113-53(10)95)70(73)118-55(12)97)110-38-36-107-34-30-85-77(105)62(21-18-19-27-84-76(104)60-22-24-61(25-23-60)125-126(117-31-20-26-81)90(47(2)3)48(4)5)89(41-66(102)82-28-32-106-35-39-111-79-69(87-50(7)92)74(121-58(15)100)71(119-56(13)98)65(124-79)45-114-54(11)96)42-67(103)83-29-33-108-37-40-116-80(88-51(8)93)46-115-63(43-112-52(9)94)72(120-57(14)99)75(80)122-59(16)101/h47-48,60-65,68-75,78-79H,17-25,27-46H2,1-16H3,(H,82,102)(H,83,103)(H,84,104)(H,85,105)(H,86,91)(H,87,92)(H,88,93). The summed E-state index contributed by atoms with van der Waals surface area (Å²) in [5.41, 5.74) is -1.99. The van der Waals surface area contributed by atoms with E-state index < -0.39 is 216 Å². The van der Waals surface area contributed by atoms with Gasteiger partial charge in [0, 0.05) is 127 Å². The summed E-state index contributed by atoms with van der Waals surface area (Å²) in [5.74, 6) is -10.4. The molecule has 0 aromatic carbocycles. The van der Waals surface area contributed by atoms with E-state index >= 15 is 0 Å². The lowest BCUT2D eigenvalue weighted by molar-refractivity contribution is -0.282. The van der Waals surface area contributed by atoms with Gasteiger partial charge in [-0.05, 0) is 79.6 Å². The van der Waals surface area contributed by atoms with E-state index in [-0.39, 0.29) is 155 Å². The number of carbonyl (C=O) groups excluding carboxylic acids is 15. The molecule has 716 valence electrons. The third-order valence-electron chi connectivity index (χ3n) is 19.1. The van der Waals surface area contributed by atoms with E-state index in [0.29, 0.717) is 32.1 Å². The third kappa shape index (κ3) is 40.8. The van der Waals surface area contributed by atoms with Crippen LogP contribution in [0.5, 0.6) is 0 Å². The highest BCUT2D eigenvalue weighted by Gasteiger charge is 2.58. The molecule has 3 heterocycles. The molecular weight excluding hydrogens is 1690 g/mol. The predicted octanol–water partition coefficient (Wildman–Crippen LogP) is -0.314. The van der Waals surface area contributed by atoms with Gasteiger partial charge < -0.3 is 132 Å². The summed E-state index contributed by atoms with van der Waals surface area (Å²) in [7, 11) is -1.50. The first-order valence-corrected chi connectivity index (χ1v) is 43.2. The molecule has 3 aliphatic heterocycles. The summed E-state index contributed by atoms with van der Waals surface area (Å²) in [6.45, 7) is 17.7. The SMILES string of the molecule is CCOC1C(NC(C)=O)C(OCCOCCNC(=O)C(CCCCNC(=O)C2CCC(OP(OCCC#N)N(C(C)C)C(C)C)CC2)N(CC(=O)NCCOCCOC2OC(COC(C)=O)C(OC(C)=O)C(OC(C)=O)C2NC(C)=O)CC(=O)NCCOCCOC2(NC(C)=O)COC(COC(C)=O)C(OC(C)=O)C2OC(C)=O)OC(COC(C)=O)C1OC(C)=O. The van der Waals surface area contributed by atoms with Gasteiger partial charge in [-0.1, -0.05) is 0 Å². The van der Waals surface area contributed by atoms with Gasteiger partial charge in [0.25, 0.3) is 8.53 Å². The smallest absolute Gasteiger partial charge is 0.303 e. The minimum atomic E-state index is -1.99. The van der Waals surface area contributed by atoms with E-state index in [2.05, 4.69) is 48.0 Å². The molecule has 1 aliphatic carbocycles. The number of hydrogen-bond donors (Lipinski definition) is 7. The molecule has 7 N–H and O–H groups in total. The number of nitrogens with zero attached hydrogens (tertiary/aromatic N) is 3. The fourth-order valence-corrected chi connectivity index (χ4v) is 16.0. The van der Waals surface area contributed by atoms with Gasteiger partial charge in [0.2, 0.25) is 47.1 Å². The molecule has 0 aromatic rings. The summed E-state index contributed by atoms with van der Waals surface area (Å²) >= 11 is 0. The minimum Gasteiger partial charge on any atom is -0.463 e. The van der Waals surface area contributed by atoms with Crippen LogP contribution in [0.2, 0.25) is 0 Å². The normalized spacial score (nSPS) is 24.5. The molecule has 45 nitrogen and oxygen atoms in total. The van der Waals surface area contributed by atoms with Gasteiger partial charge in [0.15, 0.2) is 43.1 Å². The van der Waals surface area contributed by atoms with Crippen LogP contribution in [0, 0.1) is 17.2 Å². The predicted molar refractivity (Wildman–Crippen MR) is 436 cm³/mol. The van der Waals surface area contributed by atoms with Crippen molar-refractivity contribution in [1.29, 1.82) is 5.26 Å². The Morgan fingerprint density at radius 3 is 1.40 bits per heavy atom. The number of ether oxygens (including phenoxy) is 18. The lowest BCUT2D eigenvalue weighted by atomic mass is 9.87. The molecular formula is C80H131N10O35P. The van der Waals surface area contributed by atoms with Crippen LogP contribution in [0.25, 0.3) is 0 Å². The van der Waals surface area contributed by atoms with Crippen molar-refractivity contribution in [3.8, 4) is 6.07 Å². The summed E-state index contributed by atoms with van der Waals surface area (Å²) in [6.07, 6.45) is -11.4. The van der Waals surface area contributed by atoms with E-state index in [1.807, 2.05) is 27.7 Å². The monoisotopic (exact) mass is 1820 g/mol. The van der Waals surface area contributed by atoms with Crippen LogP contribution in [0.15, 0.2) is 0 Å². The topological polar surface area (TPSA) is 555 Å². The second-order valence-corrected chi connectivity index (χ2v) is 31.8. The highest BCUT2D eigenvalue weighted by atomic mass is 31.2. The molecule has 0 aromatic heterocycles. The van der Waals surface area contributed by atoms with Crippen LogP contribution in [0.1, 0.15) is 162 Å². The zero-order valence-corrected chi connectivity index (χ0v) is 75.9. The van der Waals surface area contributed by atoms with Crippen LogP contribution in [0.4, 0.5) is 0 Å². The van der Waals surface area contributed by atoms with Gasteiger partial charge in [-0.2, -0.15) is 5.26 Å². The minimum absolute atomic E-state index is 0.00696. The van der Waals surface area contributed by atoms with Crippen LogP contribution in [-0.2, 0) is 166 Å². The lowest BCUT2D eigenvalue weighted by Gasteiger charge is -2.48. The number of esters is 8. The number of rotatable bonds is 57. The van der Waals surface area contributed by atoms with Crippen LogP contribution in [-0.4, -0.2) is 347 Å². The fourth-order valence-electron chi connectivity index (χ4n) is 14.2. The van der Waals surface area contributed by atoms with Gasteiger partial charge in [-0.15, -0.1) is 0 Å². The second kappa shape index (κ2) is 58.8. The molecule has 1 saturated carbocycles. The first kappa shape index (κ1) is 110. The number of amides is 7. The third-order valence-corrected chi connectivity index (χ3v) is 21.3. The van der Waals surface area contributed by atoms with E-state index in [9.17, 15) is 77.2 Å². The molecule has 4 fully saturated rings. The Balaban J connectivity index is 1.60.